The third-order valence-electron chi connectivity index (χ3n) is 4.11. The Kier molecular flexibility index (Phi) is 4.79. The Morgan fingerprint density at radius 3 is 2.87 bits per heavy atom. The summed E-state index contributed by atoms with van der Waals surface area (Å²) in [6, 6.07) is 4.02. The molecular weight excluding hydrogens is 294 g/mol. The normalized spacial score (nSPS) is 16.7. The summed E-state index contributed by atoms with van der Waals surface area (Å²) in [4.78, 5) is 2.33. The molecule has 0 aromatic carbocycles. The van der Waals surface area contributed by atoms with Gasteiger partial charge in [0, 0.05) is 25.3 Å². The lowest BCUT2D eigenvalue weighted by Gasteiger charge is -2.26. The Labute approximate surface area is 135 Å². The molecule has 7 heteroatoms. The molecule has 0 bridgehead atoms. The molecule has 3 N–H and O–H groups in total. The lowest BCUT2D eigenvalue weighted by atomic mass is 10.1. The van der Waals surface area contributed by atoms with Crippen LogP contribution in [0, 0.1) is 5.92 Å². The third kappa shape index (κ3) is 3.80. The van der Waals surface area contributed by atoms with Gasteiger partial charge in [0.15, 0.2) is 0 Å². The van der Waals surface area contributed by atoms with E-state index in [1.807, 2.05) is 10.7 Å². The van der Waals surface area contributed by atoms with Gasteiger partial charge in [0.2, 0.25) is 0 Å². The first-order valence-corrected chi connectivity index (χ1v) is 8.16. The molecule has 126 valence electrons. The van der Waals surface area contributed by atoms with Gasteiger partial charge in [-0.15, -0.1) is 0 Å². The van der Waals surface area contributed by atoms with Gasteiger partial charge in [-0.05, 0) is 24.5 Å². The van der Waals surface area contributed by atoms with Gasteiger partial charge in [-0.2, -0.15) is 10.2 Å². The van der Waals surface area contributed by atoms with E-state index in [0.717, 1.165) is 49.7 Å². The molecule has 3 heterocycles. The van der Waals surface area contributed by atoms with E-state index in [1.165, 1.54) is 0 Å². The molecule has 0 aliphatic carbocycles. The van der Waals surface area contributed by atoms with Crippen LogP contribution in [0.5, 0.6) is 0 Å². The van der Waals surface area contributed by atoms with Crippen LogP contribution in [0.15, 0.2) is 12.1 Å². The predicted octanol–water partition coefficient (Wildman–Crippen LogP) is 0.846. The molecule has 1 aliphatic heterocycles. The average Bonchev–Trinajstić information content (AvgIpc) is 3.12. The van der Waals surface area contributed by atoms with Gasteiger partial charge in [0.1, 0.15) is 6.10 Å². The molecule has 0 saturated carbocycles. The molecule has 1 aliphatic rings. The van der Waals surface area contributed by atoms with Crippen molar-refractivity contribution in [1.82, 2.24) is 24.9 Å². The summed E-state index contributed by atoms with van der Waals surface area (Å²) in [5, 5.41) is 30.6. The summed E-state index contributed by atoms with van der Waals surface area (Å²) < 4.78 is 1.92. The molecule has 0 saturated heterocycles. The number of hydrogen-bond acceptors (Lipinski definition) is 5. The standard InChI is InChI=1S/C16H25N5O2/c1-11(2)5-12-6-13(18-17-12)8-20-3-4-21-14(9-20)7-15(19-21)16(23)10-22/h6-7,11,16,22-23H,3-5,8-10H2,1-2H3,(H,17,18). The Bertz CT molecular complexity index is 649. The summed E-state index contributed by atoms with van der Waals surface area (Å²) >= 11 is 0. The zero-order valence-corrected chi connectivity index (χ0v) is 13.7. The zero-order chi connectivity index (χ0) is 16.4. The molecule has 3 rings (SSSR count). The van der Waals surface area contributed by atoms with Crippen molar-refractivity contribution in [2.75, 3.05) is 13.2 Å². The van der Waals surface area contributed by atoms with E-state index in [-0.39, 0.29) is 6.61 Å². The fourth-order valence-electron chi connectivity index (χ4n) is 2.99. The van der Waals surface area contributed by atoms with Crippen molar-refractivity contribution in [3.63, 3.8) is 0 Å². The second-order valence-corrected chi connectivity index (χ2v) is 6.68. The van der Waals surface area contributed by atoms with E-state index < -0.39 is 6.10 Å². The highest BCUT2D eigenvalue weighted by Crippen LogP contribution is 2.19. The highest BCUT2D eigenvalue weighted by atomic mass is 16.3. The van der Waals surface area contributed by atoms with E-state index in [0.29, 0.717) is 11.6 Å². The smallest absolute Gasteiger partial charge is 0.121 e. The first kappa shape index (κ1) is 16.2. The lowest BCUT2D eigenvalue weighted by Crippen LogP contribution is -2.33. The van der Waals surface area contributed by atoms with Gasteiger partial charge in [-0.3, -0.25) is 14.7 Å². The Hall–Kier alpha value is -1.70. The Balaban J connectivity index is 1.63. The van der Waals surface area contributed by atoms with Crippen LogP contribution in [0.4, 0.5) is 0 Å². The number of aliphatic hydroxyl groups is 2. The lowest BCUT2D eigenvalue weighted by molar-refractivity contribution is 0.0915. The van der Waals surface area contributed by atoms with Crippen LogP contribution in [-0.2, 0) is 26.1 Å². The summed E-state index contributed by atoms with van der Waals surface area (Å²) in [6.45, 7) is 7.39. The van der Waals surface area contributed by atoms with E-state index in [9.17, 15) is 5.11 Å². The minimum atomic E-state index is -0.896. The molecule has 0 spiro atoms. The third-order valence-corrected chi connectivity index (χ3v) is 4.11. The van der Waals surface area contributed by atoms with Gasteiger partial charge >= 0.3 is 0 Å². The molecular formula is C16H25N5O2. The highest BCUT2D eigenvalue weighted by Gasteiger charge is 2.21. The van der Waals surface area contributed by atoms with E-state index in [1.54, 1.807) is 0 Å². The molecule has 2 aromatic rings. The van der Waals surface area contributed by atoms with Crippen molar-refractivity contribution in [3.05, 3.63) is 34.9 Å². The summed E-state index contributed by atoms with van der Waals surface area (Å²) in [5.41, 5.74) is 3.86. The van der Waals surface area contributed by atoms with Crippen molar-refractivity contribution >= 4 is 0 Å². The minimum Gasteiger partial charge on any atom is -0.393 e. The molecule has 23 heavy (non-hydrogen) atoms. The number of nitrogens with zero attached hydrogens (tertiary/aromatic N) is 4. The second-order valence-electron chi connectivity index (χ2n) is 6.68. The van der Waals surface area contributed by atoms with Crippen molar-refractivity contribution < 1.29 is 10.2 Å². The van der Waals surface area contributed by atoms with Crippen LogP contribution >= 0.6 is 0 Å². The number of H-pyrrole nitrogens is 1. The molecule has 7 nitrogen and oxygen atoms in total. The maximum absolute atomic E-state index is 9.70. The molecule has 1 atom stereocenters. The van der Waals surface area contributed by atoms with Crippen LogP contribution in [0.2, 0.25) is 0 Å². The van der Waals surface area contributed by atoms with Crippen LogP contribution in [0.3, 0.4) is 0 Å². The van der Waals surface area contributed by atoms with Crippen molar-refractivity contribution in [3.8, 4) is 0 Å². The SMILES string of the molecule is CC(C)Cc1cc(CN2CCn3nc(C(O)CO)cc3C2)[nH]n1. The predicted molar refractivity (Wildman–Crippen MR) is 85.5 cm³/mol. The van der Waals surface area contributed by atoms with Crippen LogP contribution in [0.1, 0.15) is 42.7 Å². The largest absolute Gasteiger partial charge is 0.393 e. The fraction of sp³-hybridized carbons (Fsp3) is 0.625. The number of fused-ring (bicyclic) bond motifs is 1. The van der Waals surface area contributed by atoms with Gasteiger partial charge < -0.3 is 10.2 Å². The molecule has 1 unspecified atom stereocenters. The first-order valence-electron chi connectivity index (χ1n) is 8.16. The number of aliphatic hydroxyl groups excluding tert-OH is 2. The quantitative estimate of drug-likeness (QED) is 0.734. The van der Waals surface area contributed by atoms with Crippen LogP contribution in [-0.4, -0.2) is 48.2 Å². The number of rotatable bonds is 6. The topological polar surface area (TPSA) is 90.2 Å². The monoisotopic (exact) mass is 319 g/mol. The summed E-state index contributed by atoms with van der Waals surface area (Å²) in [7, 11) is 0. The number of aromatic amines is 1. The molecule has 0 amide bonds. The van der Waals surface area contributed by atoms with Gasteiger partial charge in [0.25, 0.3) is 0 Å². The second kappa shape index (κ2) is 6.82. The number of hydrogen-bond donors (Lipinski definition) is 3. The van der Waals surface area contributed by atoms with E-state index in [2.05, 4.69) is 40.1 Å². The van der Waals surface area contributed by atoms with Crippen LogP contribution in [0.25, 0.3) is 0 Å². The highest BCUT2D eigenvalue weighted by molar-refractivity contribution is 5.15. The van der Waals surface area contributed by atoms with Crippen LogP contribution < -0.4 is 0 Å². The molecule has 0 radical (unpaired) electrons. The van der Waals surface area contributed by atoms with E-state index >= 15 is 0 Å². The van der Waals surface area contributed by atoms with Crippen molar-refractivity contribution in [1.29, 1.82) is 0 Å². The van der Waals surface area contributed by atoms with E-state index in [4.69, 9.17) is 5.11 Å². The molecule has 2 aromatic heterocycles. The van der Waals surface area contributed by atoms with Crippen molar-refractivity contribution in [2.24, 2.45) is 5.92 Å². The maximum atomic E-state index is 9.70. The average molecular weight is 319 g/mol. The maximum Gasteiger partial charge on any atom is 0.121 e. The molecule has 0 fully saturated rings. The fourth-order valence-corrected chi connectivity index (χ4v) is 2.99. The zero-order valence-electron chi connectivity index (χ0n) is 13.7. The first-order chi connectivity index (χ1) is 11.0. The van der Waals surface area contributed by atoms with Crippen molar-refractivity contribution in [2.45, 2.75) is 46.0 Å². The number of aromatic nitrogens is 4. The summed E-state index contributed by atoms with van der Waals surface area (Å²) in [5.74, 6) is 0.604. The minimum absolute atomic E-state index is 0.299. The van der Waals surface area contributed by atoms with Gasteiger partial charge in [-0.1, -0.05) is 13.8 Å². The number of nitrogens with one attached hydrogen (secondary N) is 1. The Morgan fingerprint density at radius 1 is 1.30 bits per heavy atom. The summed E-state index contributed by atoms with van der Waals surface area (Å²) in [6.07, 6.45) is 0.0961. The Morgan fingerprint density at radius 2 is 2.13 bits per heavy atom. The van der Waals surface area contributed by atoms with Gasteiger partial charge in [-0.25, -0.2) is 0 Å². The van der Waals surface area contributed by atoms with Gasteiger partial charge in [0.05, 0.1) is 30.2 Å².